The van der Waals surface area contributed by atoms with E-state index in [9.17, 15) is 14.7 Å². The van der Waals surface area contributed by atoms with E-state index in [-0.39, 0.29) is 11.9 Å². The lowest BCUT2D eigenvalue weighted by Gasteiger charge is -2.33. The van der Waals surface area contributed by atoms with Crippen molar-refractivity contribution in [3.8, 4) is 0 Å². The van der Waals surface area contributed by atoms with E-state index < -0.39 is 12.0 Å². The Morgan fingerprint density at radius 2 is 2.15 bits per heavy atom. The summed E-state index contributed by atoms with van der Waals surface area (Å²) in [6.07, 6.45) is 5.27. The first-order chi connectivity index (χ1) is 9.66. The minimum atomic E-state index is -0.849. The van der Waals surface area contributed by atoms with Crippen LogP contribution in [0, 0.1) is 5.92 Å². The fourth-order valence-corrected chi connectivity index (χ4v) is 4.37. The van der Waals surface area contributed by atoms with Crippen LogP contribution in [0.2, 0.25) is 0 Å². The van der Waals surface area contributed by atoms with E-state index in [2.05, 4.69) is 0 Å². The molecule has 0 radical (unpaired) electrons. The van der Waals surface area contributed by atoms with E-state index >= 15 is 0 Å². The summed E-state index contributed by atoms with van der Waals surface area (Å²) in [5, 5.41) is 13.3. The highest BCUT2D eigenvalue weighted by Gasteiger charge is 2.47. The molecular weight excluding hydrogens is 274 g/mol. The number of hydrogen-bond acceptors (Lipinski definition) is 3. The number of carboxylic acid groups (broad SMARTS) is 1. The molecule has 2 fully saturated rings. The van der Waals surface area contributed by atoms with Gasteiger partial charge in [0.25, 0.3) is 0 Å². The maximum atomic E-state index is 12.5. The molecule has 1 amide bonds. The molecule has 0 aromatic carbocycles. The Balaban J connectivity index is 1.79. The molecule has 1 saturated carbocycles. The normalized spacial score (nSPS) is 29.2. The van der Waals surface area contributed by atoms with Crippen molar-refractivity contribution in [1.82, 2.24) is 4.90 Å². The first-order valence-electron chi connectivity index (χ1n) is 7.22. The molecule has 0 unspecified atom stereocenters. The fourth-order valence-electron chi connectivity index (χ4n) is 3.70. The first-order valence-corrected chi connectivity index (χ1v) is 8.16. The monoisotopic (exact) mass is 293 g/mol. The van der Waals surface area contributed by atoms with Crippen molar-refractivity contribution in [2.24, 2.45) is 5.92 Å². The average molecular weight is 293 g/mol. The van der Waals surface area contributed by atoms with Gasteiger partial charge >= 0.3 is 5.97 Å². The number of aliphatic carboxylic acids is 1. The number of carbonyl (C=O) groups excluding carboxylic acids is 1. The topological polar surface area (TPSA) is 57.6 Å². The Morgan fingerprint density at radius 3 is 2.85 bits per heavy atom. The summed E-state index contributed by atoms with van der Waals surface area (Å²) < 4.78 is 0. The van der Waals surface area contributed by atoms with Gasteiger partial charge in [0.1, 0.15) is 6.04 Å². The molecule has 2 heterocycles. The maximum Gasteiger partial charge on any atom is 0.326 e. The minimum absolute atomic E-state index is 0.0230. The number of carboxylic acids is 1. The second-order valence-corrected chi connectivity index (χ2v) is 6.59. The highest BCUT2D eigenvalue weighted by atomic mass is 32.1. The lowest BCUT2D eigenvalue weighted by molar-refractivity contribution is -0.149. The van der Waals surface area contributed by atoms with Crippen molar-refractivity contribution in [2.75, 3.05) is 0 Å². The highest BCUT2D eigenvalue weighted by molar-refractivity contribution is 7.07. The molecule has 5 heteroatoms. The van der Waals surface area contributed by atoms with Crippen LogP contribution in [0.5, 0.6) is 0 Å². The molecule has 1 aliphatic carbocycles. The number of amides is 1. The van der Waals surface area contributed by atoms with Gasteiger partial charge in [0, 0.05) is 6.04 Å². The molecule has 4 nitrogen and oxygen atoms in total. The van der Waals surface area contributed by atoms with Crippen LogP contribution >= 0.6 is 11.3 Å². The zero-order chi connectivity index (χ0) is 14.1. The molecule has 0 spiro atoms. The standard InChI is InChI=1S/C15H19NO3S/c17-14(7-10-5-6-20-9-10)16-12-4-2-1-3-11(12)8-13(16)15(18)19/h5-6,9,11-13H,1-4,7-8H2,(H,18,19)/t11-,12+,13+/m0/s1. The van der Waals surface area contributed by atoms with Gasteiger partial charge in [0.15, 0.2) is 0 Å². The predicted octanol–water partition coefficient (Wildman–Crippen LogP) is 2.53. The van der Waals surface area contributed by atoms with Gasteiger partial charge in [-0.1, -0.05) is 12.8 Å². The van der Waals surface area contributed by atoms with Gasteiger partial charge in [-0.05, 0) is 47.6 Å². The third-order valence-corrected chi connectivity index (χ3v) is 5.33. The molecule has 1 saturated heterocycles. The Bertz CT molecular complexity index is 499. The van der Waals surface area contributed by atoms with Crippen molar-refractivity contribution in [3.63, 3.8) is 0 Å². The first kappa shape index (κ1) is 13.6. The second-order valence-electron chi connectivity index (χ2n) is 5.81. The summed E-state index contributed by atoms with van der Waals surface area (Å²) >= 11 is 1.57. The number of rotatable bonds is 3. The number of fused-ring (bicyclic) bond motifs is 1. The molecule has 3 rings (SSSR count). The van der Waals surface area contributed by atoms with E-state index in [1.807, 2.05) is 16.8 Å². The quantitative estimate of drug-likeness (QED) is 0.931. The molecular formula is C15H19NO3S. The van der Waals surface area contributed by atoms with Crippen LogP contribution in [-0.4, -0.2) is 34.0 Å². The molecule has 108 valence electrons. The van der Waals surface area contributed by atoms with E-state index in [0.717, 1.165) is 24.8 Å². The number of thiophene rings is 1. The zero-order valence-electron chi connectivity index (χ0n) is 11.3. The van der Waals surface area contributed by atoms with Crippen molar-refractivity contribution < 1.29 is 14.7 Å². The Kier molecular flexibility index (Phi) is 3.78. The largest absolute Gasteiger partial charge is 0.480 e. The summed E-state index contributed by atoms with van der Waals surface area (Å²) in [5.41, 5.74) is 0.989. The number of likely N-dealkylation sites (tertiary alicyclic amines) is 1. The van der Waals surface area contributed by atoms with Crippen LogP contribution < -0.4 is 0 Å². The third-order valence-electron chi connectivity index (χ3n) is 4.60. The predicted molar refractivity (Wildman–Crippen MR) is 76.7 cm³/mol. The van der Waals surface area contributed by atoms with Crippen LogP contribution in [0.25, 0.3) is 0 Å². The summed E-state index contributed by atoms with van der Waals surface area (Å²) in [6.45, 7) is 0. The van der Waals surface area contributed by atoms with Crippen LogP contribution in [0.3, 0.4) is 0 Å². The molecule has 1 aromatic heterocycles. The molecule has 1 aliphatic heterocycles. The van der Waals surface area contributed by atoms with Gasteiger partial charge in [-0.3, -0.25) is 4.79 Å². The van der Waals surface area contributed by atoms with E-state index in [1.165, 1.54) is 6.42 Å². The Labute approximate surface area is 122 Å². The summed E-state index contributed by atoms with van der Waals surface area (Å²) in [7, 11) is 0. The second kappa shape index (κ2) is 5.56. The zero-order valence-corrected chi connectivity index (χ0v) is 12.1. The van der Waals surface area contributed by atoms with E-state index in [4.69, 9.17) is 0 Å². The van der Waals surface area contributed by atoms with Gasteiger partial charge in [-0.25, -0.2) is 4.79 Å². The van der Waals surface area contributed by atoms with Crippen molar-refractivity contribution >= 4 is 23.2 Å². The molecule has 2 aliphatic rings. The Morgan fingerprint density at radius 1 is 1.35 bits per heavy atom. The van der Waals surface area contributed by atoms with Gasteiger partial charge < -0.3 is 10.0 Å². The number of carbonyl (C=O) groups is 2. The smallest absolute Gasteiger partial charge is 0.326 e. The summed E-state index contributed by atoms with van der Waals surface area (Å²) in [6, 6.07) is 1.47. The lowest BCUT2D eigenvalue weighted by atomic mass is 9.84. The summed E-state index contributed by atoms with van der Waals surface area (Å²) in [4.78, 5) is 25.7. The van der Waals surface area contributed by atoms with Gasteiger partial charge in [-0.2, -0.15) is 11.3 Å². The van der Waals surface area contributed by atoms with Gasteiger partial charge in [-0.15, -0.1) is 0 Å². The van der Waals surface area contributed by atoms with Crippen LogP contribution in [-0.2, 0) is 16.0 Å². The van der Waals surface area contributed by atoms with Crippen LogP contribution in [0.4, 0.5) is 0 Å². The number of nitrogens with zero attached hydrogens (tertiary/aromatic N) is 1. The van der Waals surface area contributed by atoms with Gasteiger partial charge in [0.05, 0.1) is 6.42 Å². The van der Waals surface area contributed by atoms with Crippen molar-refractivity contribution in [1.29, 1.82) is 0 Å². The van der Waals surface area contributed by atoms with Gasteiger partial charge in [0.2, 0.25) is 5.91 Å². The SMILES string of the molecule is O=C(O)[C@H]1C[C@@H]2CCCC[C@H]2N1C(=O)Cc1ccsc1. The highest BCUT2D eigenvalue weighted by Crippen LogP contribution is 2.40. The van der Waals surface area contributed by atoms with Crippen LogP contribution in [0.15, 0.2) is 16.8 Å². The fraction of sp³-hybridized carbons (Fsp3) is 0.600. The Hall–Kier alpha value is -1.36. The molecule has 1 N–H and O–H groups in total. The van der Waals surface area contributed by atoms with Crippen molar-refractivity contribution in [2.45, 2.75) is 50.6 Å². The minimum Gasteiger partial charge on any atom is -0.480 e. The lowest BCUT2D eigenvalue weighted by Crippen LogP contribution is -2.46. The molecule has 0 bridgehead atoms. The van der Waals surface area contributed by atoms with Crippen LogP contribution in [0.1, 0.15) is 37.7 Å². The van der Waals surface area contributed by atoms with Crippen molar-refractivity contribution in [3.05, 3.63) is 22.4 Å². The average Bonchev–Trinajstić information content (AvgIpc) is 3.04. The molecule has 1 aromatic rings. The van der Waals surface area contributed by atoms with E-state index in [0.29, 0.717) is 18.8 Å². The summed E-state index contributed by atoms with van der Waals surface area (Å²) in [5.74, 6) is -0.487. The number of hydrogen-bond donors (Lipinski definition) is 1. The maximum absolute atomic E-state index is 12.5. The molecule has 3 atom stereocenters. The third kappa shape index (κ3) is 2.46. The molecule has 20 heavy (non-hydrogen) atoms. The van der Waals surface area contributed by atoms with E-state index in [1.54, 1.807) is 16.2 Å².